The lowest BCUT2D eigenvalue weighted by Crippen LogP contribution is -2.43. The molecular formula is C38H58Cl2N6O3. The highest BCUT2D eigenvalue weighted by Gasteiger charge is 2.36. The first-order valence-electron chi connectivity index (χ1n) is 18.4. The molecule has 2 aromatic rings. The molecular weight excluding hydrogens is 659 g/mol. The summed E-state index contributed by atoms with van der Waals surface area (Å²) in [6.07, 6.45) is 25.4. The van der Waals surface area contributed by atoms with Crippen molar-refractivity contribution < 1.29 is 14.3 Å². The van der Waals surface area contributed by atoms with Gasteiger partial charge in [0.05, 0.1) is 23.0 Å². The van der Waals surface area contributed by atoms with Gasteiger partial charge in [-0.1, -0.05) is 101 Å². The van der Waals surface area contributed by atoms with E-state index >= 15 is 0 Å². The second kappa shape index (κ2) is 22.6. The number of amides is 1. The molecule has 1 amide bonds. The zero-order chi connectivity index (χ0) is 35.4. The average molecular weight is 718 g/mol. The van der Waals surface area contributed by atoms with Crippen molar-refractivity contribution in [1.82, 2.24) is 19.8 Å². The molecule has 2 atom stereocenters. The SMILES string of the molecule is CCCCCCCC/C=C\CCCCCCCC(=O)OC[C@H](Cc1cncn1C)C(CC)C(=O)N1CCN/C1=N\c1c(Cl)cc(N)cc1Cl. The molecule has 0 radical (unpaired) electrons. The molecule has 3 rings (SSSR count). The number of nitrogens with two attached hydrogens (primary N) is 1. The van der Waals surface area contributed by atoms with E-state index in [1.165, 1.54) is 57.8 Å². The number of nitrogens with one attached hydrogen (secondary N) is 1. The molecule has 9 nitrogen and oxygen atoms in total. The van der Waals surface area contributed by atoms with Crippen molar-refractivity contribution in [1.29, 1.82) is 0 Å². The molecule has 272 valence electrons. The Morgan fingerprint density at radius 1 is 1.00 bits per heavy atom. The third-order valence-electron chi connectivity index (χ3n) is 9.21. The molecule has 1 unspecified atom stereocenters. The van der Waals surface area contributed by atoms with Gasteiger partial charge in [0.25, 0.3) is 0 Å². The number of aromatic nitrogens is 2. The van der Waals surface area contributed by atoms with Crippen LogP contribution in [-0.2, 0) is 27.8 Å². The lowest BCUT2D eigenvalue weighted by molar-refractivity contribution is -0.148. The first-order chi connectivity index (χ1) is 23.7. The van der Waals surface area contributed by atoms with Crippen molar-refractivity contribution in [3.05, 3.63) is 52.5 Å². The van der Waals surface area contributed by atoms with Crippen LogP contribution in [0.4, 0.5) is 11.4 Å². The number of carbonyl (C=O) groups is 2. The lowest BCUT2D eigenvalue weighted by atomic mass is 9.85. The first kappa shape index (κ1) is 40.4. The number of esters is 1. The lowest BCUT2D eigenvalue weighted by Gasteiger charge is -2.29. The Kier molecular flexibility index (Phi) is 18.7. The van der Waals surface area contributed by atoms with Gasteiger partial charge < -0.3 is 20.4 Å². The summed E-state index contributed by atoms with van der Waals surface area (Å²) < 4.78 is 7.77. The largest absolute Gasteiger partial charge is 0.465 e. The van der Waals surface area contributed by atoms with Gasteiger partial charge in [0.2, 0.25) is 11.9 Å². The predicted octanol–water partition coefficient (Wildman–Crippen LogP) is 9.19. The van der Waals surface area contributed by atoms with E-state index in [1.807, 2.05) is 18.5 Å². The Labute approximate surface area is 304 Å². The second-order valence-corrected chi connectivity index (χ2v) is 14.0. The topological polar surface area (TPSA) is 115 Å². The molecule has 3 N–H and O–H groups in total. The van der Waals surface area contributed by atoms with Crippen LogP contribution >= 0.6 is 23.2 Å². The Balaban J connectivity index is 1.48. The highest BCUT2D eigenvalue weighted by molar-refractivity contribution is 6.39. The van der Waals surface area contributed by atoms with Crippen LogP contribution in [0.2, 0.25) is 10.0 Å². The van der Waals surface area contributed by atoms with E-state index in [4.69, 9.17) is 33.7 Å². The number of allylic oxidation sites excluding steroid dienone is 2. The number of nitrogen functional groups attached to an aromatic ring is 1. The first-order valence-corrected chi connectivity index (χ1v) is 19.1. The van der Waals surface area contributed by atoms with Gasteiger partial charge in [-0.15, -0.1) is 0 Å². The summed E-state index contributed by atoms with van der Waals surface area (Å²) in [5, 5.41) is 3.80. The predicted molar refractivity (Wildman–Crippen MR) is 202 cm³/mol. The van der Waals surface area contributed by atoms with Gasteiger partial charge >= 0.3 is 5.97 Å². The zero-order valence-electron chi connectivity index (χ0n) is 29.9. The van der Waals surface area contributed by atoms with Crippen LogP contribution in [0.5, 0.6) is 0 Å². The molecule has 1 aliphatic heterocycles. The number of imidazole rings is 1. The summed E-state index contributed by atoms with van der Waals surface area (Å²) >= 11 is 12.8. The number of hydrogen-bond donors (Lipinski definition) is 2. The summed E-state index contributed by atoms with van der Waals surface area (Å²) in [7, 11) is 1.93. The van der Waals surface area contributed by atoms with Crippen molar-refractivity contribution in [3.63, 3.8) is 0 Å². The molecule has 1 fully saturated rings. The molecule has 49 heavy (non-hydrogen) atoms. The van der Waals surface area contributed by atoms with E-state index in [9.17, 15) is 9.59 Å². The molecule has 2 heterocycles. The van der Waals surface area contributed by atoms with Gasteiger partial charge in [-0.3, -0.25) is 14.5 Å². The summed E-state index contributed by atoms with van der Waals surface area (Å²) in [4.78, 5) is 37.4. The number of halogens is 2. The van der Waals surface area contributed by atoms with Crippen molar-refractivity contribution in [3.8, 4) is 0 Å². The maximum absolute atomic E-state index is 14.1. The fourth-order valence-corrected chi connectivity index (χ4v) is 6.87. The molecule has 1 aromatic carbocycles. The van der Waals surface area contributed by atoms with Crippen LogP contribution in [0.25, 0.3) is 0 Å². The number of benzene rings is 1. The van der Waals surface area contributed by atoms with Gasteiger partial charge in [0, 0.05) is 56.0 Å². The molecule has 0 saturated carbocycles. The average Bonchev–Trinajstić information content (AvgIpc) is 3.71. The quantitative estimate of drug-likeness (QED) is 0.0513. The molecule has 0 spiro atoms. The molecule has 1 aromatic heterocycles. The molecule has 11 heteroatoms. The van der Waals surface area contributed by atoms with E-state index in [-0.39, 0.29) is 24.4 Å². The van der Waals surface area contributed by atoms with E-state index in [2.05, 4.69) is 34.4 Å². The molecule has 1 aliphatic rings. The Morgan fingerprint density at radius 2 is 1.63 bits per heavy atom. The Hall–Kier alpha value is -3.04. The number of carbonyl (C=O) groups excluding carboxylic acids is 2. The van der Waals surface area contributed by atoms with E-state index in [0.717, 1.165) is 31.4 Å². The number of unbranched alkanes of at least 4 members (excludes halogenated alkanes) is 11. The smallest absolute Gasteiger partial charge is 0.305 e. The highest BCUT2D eigenvalue weighted by atomic mass is 35.5. The summed E-state index contributed by atoms with van der Waals surface area (Å²) in [5.74, 6) is -0.568. The van der Waals surface area contributed by atoms with Gasteiger partial charge in [-0.2, -0.15) is 0 Å². The van der Waals surface area contributed by atoms with Gasteiger partial charge in [-0.25, -0.2) is 9.98 Å². The number of aliphatic imine (C=N–C) groups is 1. The van der Waals surface area contributed by atoms with Crippen molar-refractivity contribution in [2.24, 2.45) is 23.9 Å². The second-order valence-electron chi connectivity index (χ2n) is 13.2. The number of rotatable bonds is 23. The number of nitrogens with zero attached hydrogens (tertiary/aromatic N) is 4. The number of anilines is 1. The fourth-order valence-electron chi connectivity index (χ4n) is 6.28. The number of ether oxygens (including phenoxy) is 1. The van der Waals surface area contributed by atoms with Crippen molar-refractivity contribution in [2.45, 2.75) is 117 Å². The third-order valence-corrected chi connectivity index (χ3v) is 9.79. The summed E-state index contributed by atoms with van der Waals surface area (Å²) in [5.41, 5.74) is 7.61. The normalized spacial score (nSPS) is 15.2. The fraction of sp³-hybridized carbons (Fsp3) is 0.632. The highest BCUT2D eigenvalue weighted by Crippen LogP contribution is 2.36. The van der Waals surface area contributed by atoms with Crippen molar-refractivity contribution in [2.75, 3.05) is 25.4 Å². The van der Waals surface area contributed by atoms with Crippen LogP contribution in [0.3, 0.4) is 0 Å². The number of aryl methyl sites for hydroxylation is 1. The maximum Gasteiger partial charge on any atom is 0.305 e. The van der Waals surface area contributed by atoms with Gasteiger partial charge in [-0.05, 0) is 57.1 Å². The molecule has 1 saturated heterocycles. The van der Waals surface area contributed by atoms with Crippen LogP contribution in [0.1, 0.15) is 116 Å². The van der Waals surface area contributed by atoms with Gasteiger partial charge in [0.15, 0.2) is 0 Å². The minimum Gasteiger partial charge on any atom is -0.465 e. The Morgan fingerprint density at radius 3 is 2.24 bits per heavy atom. The summed E-state index contributed by atoms with van der Waals surface area (Å²) in [6, 6.07) is 3.16. The van der Waals surface area contributed by atoms with Crippen LogP contribution < -0.4 is 11.1 Å². The third kappa shape index (κ3) is 14.0. The van der Waals surface area contributed by atoms with Crippen LogP contribution in [-0.4, -0.2) is 52.0 Å². The van der Waals surface area contributed by atoms with E-state index < -0.39 is 5.92 Å². The minimum absolute atomic E-state index is 0.0885. The van der Waals surface area contributed by atoms with Gasteiger partial charge in [0.1, 0.15) is 5.69 Å². The van der Waals surface area contributed by atoms with E-state index in [0.29, 0.717) is 59.7 Å². The Bertz CT molecular complexity index is 1340. The summed E-state index contributed by atoms with van der Waals surface area (Å²) in [6.45, 7) is 5.39. The zero-order valence-corrected chi connectivity index (χ0v) is 31.4. The number of guanidine groups is 1. The van der Waals surface area contributed by atoms with Crippen LogP contribution in [0, 0.1) is 11.8 Å². The van der Waals surface area contributed by atoms with Crippen LogP contribution in [0.15, 0.2) is 41.8 Å². The van der Waals surface area contributed by atoms with Crippen molar-refractivity contribution >= 4 is 52.4 Å². The standard InChI is InChI=1S/C38H58Cl2N6O3/c1-4-6-7-8-9-10-11-12-13-14-15-16-17-18-19-20-35(47)49-27-29(23-31-26-42-28-45(31)3)32(5-2)37(48)46-22-21-43-38(46)44-36-33(39)24-30(41)25-34(36)40/h12-13,24-26,28-29,32H,4-11,14-23,27,41H2,1-3H3,(H,43,44)/b13-12-/t29-,32?/m0/s1. The maximum atomic E-state index is 14.1. The molecule has 0 bridgehead atoms. The number of hydrogen-bond acceptors (Lipinski definition) is 6. The molecule has 0 aliphatic carbocycles. The van der Waals surface area contributed by atoms with E-state index in [1.54, 1.807) is 29.6 Å². The monoisotopic (exact) mass is 716 g/mol. The minimum atomic E-state index is -0.412.